The highest BCUT2D eigenvalue weighted by molar-refractivity contribution is 5.94. The van der Waals surface area contributed by atoms with Gasteiger partial charge in [0.15, 0.2) is 0 Å². The van der Waals surface area contributed by atoms with E-state index in [9.17, 15) is 4.79 Å². The zero-order valence-electron chi connectivity index (χ0n) is 19.6. The molecule has 0 aliphatic carbocycles. The molecule has 0 atom stereocenters. The normalized spacial score (nSPS) is 14.4. The fourth-order valence-electron chi connectivity index (χ4n) is 4.31. The maximum absolute atomic E-state index is 13.1. The molecule has 0 spiro atoms. The summed E-state index contributed by atoms with van der Waals surface area (Å²) in [6, 6.07) is 19.6. The highest BCUT2D eigenvalue weighted by Crippen LogP contribution is 2.25. The van der Waals surface area contributed by atoms with Crippen molar-refractivity contribution in [1.29, 1.82) is 0 Å². The Morgan fingerprint density at radius 2 is 1.88 bits per heavy atom. The Labute approximate surface area is 199 Å². The van der Waals surface area contributed by atoms with E-state index in [1.165, 1.54) is 5.56 Å². The van der Waals surface area contributed by atoms with Crippen LogP contribution in [0.2, 0.25) is 0 Å². The number of aryl methyl sites for hydroxylation is 2. The van der Waals surface area contributed by atoms with Crippen LogP contribution < -0.4 is 9.47 Å². The first-order chi connectivity index (χ1) is 16.5. The molecule has 2 aromatic carbocycles. The monoisotopic (exact) mass is 455 g/mol. The number of amides is 1. The molecular weight excluding hydrogens is 426 g/mol. The van der Waals surface area contributed by atoms with Gasteiger partial charge < -0.3 is 18.8 Å². The third-order valence-corrected chi connectivity index (χ3v) is 6.25. The number of carbonyl (C=O) groups excluding carboxylic acids is 1. The van der Waals surface area contributed by atoms with E-state index < -0.39 is 0 Å². The Hall–Kier alpha value is -3.80. The first-order valence-corrected chi connectivity index (χ1v) is 11.7. The number of fused-ring (bicyclic) bond motifs is 1. The zero-order valence-corrected chi connectivity index (χ0v) is 19.6. The van der Waals surface area contributed by atoms with Gasteiger partial charge in [0.25, 0.3) is 5.91 Å². The van der Waals surface area contributed by atoms with E-state index in [1.807, 2.05) is 64.2 Å². The summed E-state index contributed by atoms with van der Waals surface area (Å²) in [5.74, 6) is 1.64. The van der Waals surface area contributed by atoms with Crippen LogP contribution in [0.4, 0.5) is 0 Å². The first-order valence-electron chi connectivity index (χ1n) is 11.7. The van der Waals surface area contributed by atoms with Crippen LogP contribution in [0.3, 0.4) is 0 Å². The third kappa shape index (κ3) is 4.91. The quantitative estimate of drug-likeness (QED) is 0.400. The standard InChI is InChI=1S/C28H29N3O3/c1-20-9-10-21(2)26(16-20)34-24-11-14-30(15-12-24)28(32)22-6-5-7-25(17-22)33-19-23-18-31-13-4-3-8-27(31)29-23/h3-10,13,16-18,24H,11-12,14-15,19H2,1-2H3. The van der Waals surface area contributed by atoms with Crippen molar-refractivity contribution in [2.45, 2.75) is 39.4 Å². The maximum atomic E-state index is 13.1. The van der Waals surface area contributed by atoms with Crippen LogP contribution in [0.1, 0.15) is 40.0 Å². The molecule has 0 unspecified atom stereocenters. The Balaban J connectivity index is 1.17. The lowest BCUT2D eigenvalue weighted by atomic mass is 10.1. The van der Waals surface area contributed by atoms with Crippen LogP contribution in [0.25, 0.3) is 5.65 Å². The summed E-state index contributed by atoms with van der Waals surface area (Å²) in [7, 11) is 0. The average molecular weight is 456 g/mol. The number of hydrogen-bond acceptors (Lipinski definition) is 4. The molecule has 0 N–H and O–H groups in total. The lowest BCUT2D eigenvalue weighted by molar-refractivity contribution is 0.0594. The van der Waals surface area contributed by atoms with Gasteiger partial charge in [0, 0.05) is 43.9 Å². The summed E-state index contributed by atoms with van der Waals surface area (Å²) >= 11 is 0. The zero-order chi connectivity index (χ0) is 23.5. The number of ether oxygens (including phenoxy) is 2. The van der Waals surface area contributed by atoms with E-state index in [0.717, 1.165) is 35.5 Å². The Morgan fingerprint density at radius 1 is 1.03 bits per heavy atom. The number of aromatic nitrogens is 2. The van der Waals surface area contributed by atoms with Crippen LogP contribution in [0.15, 0.2) is 73.1 Å². The summed E-state index contributed by atoms with van der Waals surface area (Å²) in [4.78, 5) is 19.6. The van der Waals surface area contributed by atoms with Crippen LogP contribution in [0, 0.1) is 13.8 Å². The highest BCUT2D eigenvalue weighted by atomic mass is 16.5. The van der Waals surface area contributed by atoms with Gasteiger partial charge in [0.1, 0.15) is 29.9 Å². The van der Waals surface area contributed by atoms with Gasteiger partial charge in [-0.1, -0.05) is 24.3 Å². The summed E-state index contributed by atoms with van der Waals surface area (Å²) in [6.45, 7) is 5.85. The molecule has 0 bridgehead atoms. The van der Waals surface area contributed by atoms with Crippen molar-refractivity contribution in [1.82, 2.24) is 14.3 Å². The fourth-order valence-corrected chi connectivity index (χ4v) is 4.31. The van der Waals surface area contributed by atoms with Crippen molar-refractivity contribution in [3.8, 4) is 11.5 Å². The van der Waals surface area contributed by atoms with E-state index >= 15 is 0 Å². The minimum Gasteiger partial charge on any atom is -0.490 e. The SMILES string of the molecule is Cc1ccc(C)c(OC2CCN(C(=O)c3cccc(OCc4cn5ccccc5n4)c3)CC2)c1. The van der Waals surface area contributed by atoms with Crippen molar-refractivity contribution < 1.29 is 14.3 Å². The van der Waals surface area contributed by atoms with Crippen molar-refractivity contribution in [2.75, 3.05) is 13.1 Å². The predicted molar refractivity (Wildman–Crippen MR) is 131 cm³/mol. The molecule has 6 nitrogen and oxygen atoms in total. The molecule has 4 aromatic rings. The molecule has 0 saturated carbocycles. The van der Waals surface area contributed by atoms with Crippen LogP contribution >= 0.6 is 0 Å². The van der Waals surface area contributed by atoms with Crippen molar-refractivity contribution >= 4 is 11.6 Å². The van der Waals surface area contributed by atoms with E-state index in [2.05, 4.69) is 37.0 Å². The lowest BCUT2D eigenvalue weighted by Gasteiger charge is -2.32. The van der Waals surface area contributed by atoms with Crippen molar-refractivity contribution in [3.63, 3.8) is 0 Å². The number of nitrogens with zero attached hydrogens (tertiary/aromatic N) is 3. The third-order valence-electron chi connectivity index (χ3n) is 6.25. The van der Waals surface area contributed by atoms with Gasteiger partial charge >= 0.3 is 0 Å². The van der Waals surface area contributed by atoms with Gasteiger partial charge in [0.2, 0.25) is 0 Å². The van der Waals surface area contributed by atoms with E-state index in [-0.39, 0.29) is 12.0 Å². The van der Waals surface area contributed by atoms with Crippen LogP contribution in [0.5, 0.6) is 11.5 Å². The molecule has 34 heavy (non-hydrogen) atoms. The second-order valence-electron chi connectivity index (χ2n) is 8.89. The van der Waals surface area contributed by atoms with Gasteiger partial charge in [-0.3, -0.25) is 4.79 Å². The number of likely N-dealkylation sites (tertiary alicyclic amines) is 1. The molecule has 1 aliphatic rings. The second-order valence-corrected chi connectivity index (χ2v) is 8.89. The van der Waals surface area contributed by atoms with Crippen molar-refractivity contribution in [2.24, 2.45) is 0 Å². The molecule has 1 fully saturated rings. The van der Waals surface area contributed by atoms with E-state index in [0.29, 0.717) is 31.0 Å². The fraction of sp³-hybridized carbons (Fsp3) is 0.286. The molecule has 1 amide bonds. The largest absolute Gasteiger partial charge is 0.490 e. The number of benzene rings is 2. The molecule has 174 valence electrons. The number of imidazole rings is 1. The lowest BCUT2D eigenvalue weighted by Crippen LogP contribution is -2.41. The average Bonchev–Trinajstić information content (AvgIpc) is 3.28. The smallest absolute Gasteiger partial charge is 0.253 e. The predicted octanol–water partition coefficient (Wildman–Crippen LogP) is 5.21. The number of piperidine rings is 1. The Bertz CT molecular complexity index is 1270. The summed E-state index contributed by atoms with van der Waals surface area (Å²) in [5, 5.41) is 0. The van der Waals surface area contributed by atoms with Gasteiger partial charge in [-0.05, 0) is 61.4 Å². The van der Waals surface area contributed by atoms with Gasteiger partial charge in [-0.25, -0.2) is 4.98 Å². The first kappa shape index (κ1) is 22.0. The molecule has 2 aromatic heterocycles. The van der Waals surface area contributed by atoms with Crippen LogP contribution in [-0.2, 0) is 6.61 Å². The molecule has 6 heteroatoms. The molecule has 0 radical (unpaired) electrons. The van der Waals surface area contributed by atoms with Gasteiger partial charge in [-0.2, -0.15) is 0 Å². The van der Waals surface area contributed by atoms with Gasteiger partial charge in [0.05, 0.1) is 5.69 Å². The molecule has 1 saturated heterocycles. The van der Waals surface area contributed by atoms with E-state index in [1.54, 1.807) is 0 Å². The Kier molecular flexibility index (Phi) is 6.21. The van der Waals surface area contributed by atoms with E-state index in [4.69, 9.17) is 9.47 Å². The summed E-state index contributed by atoms with van der Waals surface area (Å²) in [6.07, 6.45) is 5.69. The second kappa shape index (κ2) is 9.59. The van der Waals surface area contributed by atoms with Gasteiger partial charge in [-0.15, -0.1) is 0 Å². The van der Waals surface area contributed by atoms with Crippen LogP contribution in [-0.4, -0.2) is 39.4 Å². The topological polar surface area (TPSA) is 56.1 Å². The number of carbonyl (C=O) groups is 1. The van der Waals surface area contributed by atoms with Crippen molar-refractivity contribution in [3.05, 3.63) is 95.4 Å². The minimum absolute atomic E-state index is 0.0309. The molecule has 3 heterocycles. The summed E-state index contributed by atoms with van der Waals surface area (Å²) < 4.78 is 14.2. The maximum Gasteiger partial charge on any atom is 0.253 e. The number of pyridine rings is 1. The number of rotatable bonds is 6. The molecule has 1 aliphatic heterocycles. The Morgan fingerprint density at radius 3 is 2.71 bits per heavy atom. The summed E-state index contributed by atoms with van der Waals surface area (Å²) in [5.41, 5.74) is 4.70. The molecular formula is C28H29N3O3. The minimum atomic E-state index is 0.0309. The highest BCUT2D eigenvalue weighted by Gasteiger charge is 2.25. The molecule has 5 rings (SSSR count). The number of hydrogen-bond donors (Lipinski definition) is 0.